The highest BCUT2D eigenvalue weighted by Gasteiger charge is 2.79. The molecule has 39 heteroatoms. The fourth-order valence-corrected chi connectivity index (χ4v) is 31.2. The van der Waals surface area contributed by atoms with Gasteiger partial charge in [0.15, 0.2) is 49.8 Å². The van der Waals surface area contributed by atoms with Crippen molar-refractivity contribution in [2.75, 3.05) is 46.7 Å². The van der Waals surface area contributed by atoms with Crippen LogP contribution in [0.4, 0.5) is 4.79 Å². The van der Waals surface area contributed by atoms with E-state index in [4.69, 9.17) is 71.1 Å². The lowest BCUT2D eigenvalue weighted by atomic mass is 9.33. The topological polar surface area (TPSA) is 594 Å². The molecule has 8 saturated heterocycles. The first kappa shape index (κ1) is 106. The number of likely N-dealkylation sites (N-methyl/N-ethyl adjacent to an activating group) is 1. The molecule has 17 rings (SSSR count). The lowest BCUT2D eigenvalue weighted by Gasteiger charge is -2.71. The minimum absolute atomic E-state index is 0.0156. The number of carboxylic acids is 1. The van der Waals surface area contributed by atoms with Crippen molar-refractivity contribution < 1.29 is 187 Å². The Bertz CT molecular complexity index is 4320. The third-order valence-electron chi connectivity index (χ3n) is 39.4. The van der Waals surface area contributed by atoms with Crippen LogP contribution in [-0.4, -0.2) is 387 Å². The van der Waals surface area contributed by atoms with Gasteiger partial charge in [-0.05, 0) is 214 Å². The molecule has 19 unspecified atom stereocenters. The van der Waals surface area contributed by atoms with Crippen molar-refractivity contribution in [1.82, 2.24) is 4.90 Å². The van der Waals surface area contributed by atoms with Crippen LogP contribution < -0.4 is 0 Å². The van der Waals surface area contributed by atoms with E-state index in [-0.39, 0.29) is 30.6 Å². The van der Waals surface area contributed by atoms with Gasteiger partial charge in [0.1, 0.15) is 145 Å². The molecular weight excluding hydrogens is 1810 g/mol. The first-order valence-electron chi connectivity index (χ1n) is 51.0. The monoisotopic (exact) mass is 1970 g/mol. The van der Waals surface area contributed by atoms with Crippen LogP contribution >= 0.6 is 0 Å². The summed E-state index contributed by atoms with van der Waals surface area (Å²) in [5.41, 5.74) is -7.28. The van der Waals surface area contributed by atoms with E-state index >= 15 is 4.79 Å². The number of nitrogens with zero attached hydrogens (tertiary/aromatic N) is 1. The molecule has 0 aromatic carbocycles. The standard InChI is InChI=1S/C99H157NO38/c1-43(2)15-14-16-44(3)49-19-20-50-48-18-17-46-33-47(23-27-91(46,7)51(48)24-28-92(49,50)8)128-89(122)100(13)62-56(36-101)129-81-76(65(62)110)137-99(81,80-68(113)67(112)73(45(4)127-80)132-84-72(117)74(55(106)39-125-84)133-87-79(118)97(123,41-104)42-126-87)138-88(121)98-32-31-90(5,6)34-53(98)52-21-22-59-93(9)29-26-61(94(10,40-103)58(93)25-30-95(59,11)96(52,12)35-60(98)107)131-86-78(136-85-70(115)66(111)64(109)57(37-102)130-85)75(71(116)77(135-86)82(119)120)134-83-69(114)63(108)54(105)38-124-83/h21,40,43-51,53-81,83-87,101-102,104-118,123H,14-20,22-39,41-42H2,1-13H3,(H,119,120)/t44-,45?,46+,47+,48+,49-,50+,51+,53?,54-,55-,56?,57?,58-,59?,60?,61+,62+,63+,64+,65?,66+,67?,68?,69?,70?,71+,72?,73+,74?,75+,76?,77?,78?,79?,80-,81-,83+,84+,85+,86-,87+,91+,92-,93?,94-,95+,96-,97+,98-,99?/m1/s1. The lowest BCUT2D eigenvalue weighted by Crippen LogP contribution is -2.84. The Labute approximate surface area is 805 Å². The number of hydrogen-bond acceptors (Lipinski definition) is 37. The molecule has 0 aromatic heterocycles. The summed E-state index contributed by atoms with van der Waals surface area (Å²) in [4.78, 5) is 60.9. The Balaban J connectivity index is 0.639. The summed E-state index contributed by atoms with van der Waals surface area (Å²) in [7, 11) is 1.44. The molecule has 8 saturated carbocycles. The van der Waals surface area contributed by atoms with Crippen LogP contribution in [0.5, 0.6) is 0 Å². The molecule has 8 heterocycles. The van der Waals surface area contributed by atoms with Gasteiger partial charge < -0.3 is 178 Å². The lowest BCUT2D eigenvalue weighted by molar-refractivity contribution is -0.474. The first-order valence-corrected chi connectivity index (χ1v) is 51.0. The number of carbonyl (C=O) groups excluding carboxylic acids is 3. The van der Waals surface area contributed by atoms with Crippen molar-refractivity contribution in [2.45, 2.75) is 432 Å². The second-order valence-electron chi connectivity index (χ2n) is 47.6. The summed E-state index contributed by atoms with van der Waals surface area (Å²) in [6.45, 7) is 21.4. The minimum atomic E-state index is -2.71. The van der Waals surface area contributed by atoms with E-state index in [0.29, 0.717) is 92.3 Å². The highest BCUT2D eigenvalue weighted by molar-refractivity contribution is 5.80. The Morgan fingerprint density at radius 1 is 0.572 bits per heavy atom. The van der Waals surface area contributed by atoms with Crippen LogP contribution in [0.15, 0.2) is 11.6 Å². The fourth-order valence-electron chi connectivity index (χ4n) is 31.2. The van der Waals surface area contributed by atoms with E-state index in [1.54, 1.807) is 6.92 Å². The highest BCUT2D eigenvalue weighted by Crippen LogP contribution is 2.77. The molecule has 1 amide bonds. The number of rotatable bonds is 25. The number of carbonyl (C=O) groups is 4. The van der Waals surface area contributed by atoms with E-state index in [1.165, 1.54) is 63.8 Å². The number of amides is 1. The zero-order valence-electron chi connectivity index (χ0n) is 81.8. The van der Waals surface area contributed by atoms with Crippen LogP contribution in [0.2, 0.25) is 0 Å². The van der Waals surface area contributed by atoms with E-state index < -0.39 is 316 Å². The third-order valence-corrected chi connectivity index (χ3v) is 39.4. The van der Waals surface area contributed by atoms with E-state index in [9.17, 15) is 111 Å². The number of aliphatic hydroxyl groups excluding tert-OH is 17. The van der Waals surface area contributed by atoms with Crippen LogP contribution in [0, 0.1) is 102 Å². The molecule has 9 aliphatic carbocycles. The summed E-state index contributed by atoms with van der Waals surface area (Å²) in [5.74, 6) is -2.86. The molecule has 0 radical (unpaired) electrons. The van der Waals surface area contributed by atoms with E-state index in [1.807, 2.05) is 0 Å². The number of aliphatic hydroxyl groups is 18. The second kappa shape index (κ2) is 39.1. The normalized spacial score (nSPS) is 53.7. The number of ether oxygens (including phenoxy) is 15. The number of fused-ring (bicyclic) bond motifs is 13. The largest absolute Gasteiger partial charge is 0.479 e. The Kier molecular flexibility index (Phi) is 30.0. The van der Waals surface area contributed by atoms with Gasteiger partial charge in [-0.3, -0.25) is 4.79 Å². The Hall–Kier alpha value is -3.62. The molecule has 8 aliphatic heterocycles. The van der Waals surface area contributed by atoms with Crippen LogP contribution in [0.3, 0.4) is 0 Å². The third kappa shape index (κ3) is 17.3. The summed E-state index contributed by atoms with van der Waals surface area (Å²) in [5, 5.41) is 217. The van der Waals surface area contributed by atoms with Gasteiger partial charge in [-0.1, -0.05) is 107 Å². The summed E-state index contributed by atoms with van der Waals surface area (Å²) >= 11 is 0. The molecule has 39 nitrogen and oxygen atoms in total. The quantitative estimate of drug-likeness (QED) is 0.0262. The maximum atomic E-state index is 17.0. The Morgan fingerprint density at radius 2 is 1.23 bits per heavy atom. The molecule has 0 aromatic rings. The zero-order valence-corrected chi connectivity index (χ0v) is 81.8. The van der Waals surface area contributed by atoms with Gasteiger partial charge >= 0.3 is 18.0 Å². The molecule has 51 atom stereocenters. The predicted molar refractivity (Wildman–Crippen MR) is 475 cm³/mol. The van der Waals surface area contributed by atoms with E-state index in [0.717, 1.165) is 37.0 Å². The number of allylic oxidation sites excluding steroid dienone is 2. The predicted octanol–water partition coefficient (Wildman–Crippen LogP) is 0.987. The summed E-state index contributed by atoms with van der Waals surface area (Å²) in [6.07, 6.45) is -39.7. The van der Waals surface area contributed by atoms with E-state index in [2.05, 4.69) is 75.3 Å². The Morgan fingerprint density at radius 3 is 1.91 bits per heavy atom. The van der Waals surface area contributed by atoms with Crippen LogP contribution in [0.25, 0.3) is 0 Å². The smallest absolute Gasteiger partial charge is 0.410 e. The average Bonchev–Trinajstić information content (AvgIpc) is 0.845. The summed E-state index contributed by atoms with van der Waals surface area (Å²) < 4.78 is 94.0. The van der Waals surface area contributed by atoms with Crippen molar-refractivity contribution in [1.29, 1.82) is 0 Å². The average molecular weight is 1970 g/mol. The van der Waals surface area contributed by atoms with Gasteiger partial charge in [-0.2, -0.15) is 0 Å². The number of hydrogen-bond donors (Lipinski definition) is 19. The molecule has 19 N–H and O–H groups in total. The van der Waals surface area contributed by atoms with Crippen molar-refractivity contribution in [3.63, 3.8) is 0 Å². The van der Waals surface area contributed by atoms with Gasteiger partial charge in [0.2, 0.25) is 0 Å². The number of aliphatic carboxylic acids is 1. The van der Waals surface area contributed by atoms with Gasteiger partial charge in [0.25, 0.3) is 5.79 Å². The fraction of sp³-hybridized carbons (Fsp3) is 0.939. The van der Waals surface area contributed by atoms with Crippen molar-refractivity contribution in [2.24, 2.45) is 102 Å². The SMILES string of the molecule is CC(C)CCC[C@@H](C)[C@H]1CC[C@H]2[C@@H]3CC[C@H]4C[C@@H](OC(=O)N(C)[C@H]5C(CO)O[C@@H]6C(OC6(OC(=O)[C@]67CCC(C)(C)CC6C6=CCC8C9(C)CC[C@H](O[C@@H]%10OC(C(=O)O)[C@@H](O)[C@H](O[C@@H]%11OC[C@@H](O)[C@H](O)C%11O)C%10O[C@@H]%10OC(CO)[C@H](O)[C@H](O)C%10O)[C@](C)(C=O)[C@@H]9CC[C@]8(C)[C@]6(C)CC7O)[C@@H]6OC(C)[C@H](O[C@@H]7OC[C@@H](O)C(O[C@@H]8OC[C@@](O)(CO)C8O)C7O)C(O)C6O)C5O)CC[C@]4(C)[C@H]3CC[C@]12C. The molecule has 17 aliphatic rings. The number of esters is 1. The molecule has 0 bridgehead atoms. The maximum Gasteiger partial charge on any atom is 0.410 e. The molecule has 16 fully saturated rings. The van der Waals surface area contributed by atoms with Crippen molar-refractivity contribution in [3.05, 3.63) is 11.6 Å². The van der Waals surface area contributed by atoms with Crippen LogP contribution in [-0.2, 0) is 85.4 Å². The van der Waals surface area contributed by atoms with Gasteiger partial charge in [-0.25, -0.2) is 9.59 Å². The van der Waals surface area contributed by atoms with Crippen molar-refractivity contribution in [3.8, 4) is 0 Å². The zero-order chi connectivity index (χ0) is 99.8. The van der Waals surface area contributed by atoms with Gasteiger partial charge in [-0.15, -0.1) is 0 Å². The number of carboxylic acid groups (broad SMARTS) is 1. The molecule has 786 valence electrons. The molecule has 138 heavy (non-hydrogen) atoms. The van der Waals surface area contributed by atoms with Gasteiger partial charge in [0, 0.05) is 7.05 Å². The number of aldehydes is 1. The van der Waals surface area contributed by atoms with Crippen LogP contribution in [0.1, 0.15) is 218 Å². The molecule has 0 spiro atoms. The second-order valence-corrected chi connectivity index (χ2v) is 47.6. The highest BCUT2D eigenvalue weighted by atomic mass is 16.8. The van der Waals surface area contributed by atoms with Crippen molar-refractivity contribution >= 4 is 24.3 Å². The first-order chi connectivity index (χ1) is 64.9. The maximum absolute atomic E-state index is 17.0. The summed E-state index contributed by atoms with van der Waals surface area (Å²) in [6, 6.07) is -1.38. The van der Waals surface area contributed by atoms with Gasteiger partial charge in [0.05, 0.1) is 69.4 Å². The molecular formula is C99H157NO38. The minimum Gasteiger partial charge on any atom is -0.479 e.